The Hall–Kier alpha value is -3.56. The number of nitrogens with one attached hydrogen (secondary N) is 2. The molecular weight excluding hydrogens is 389 g/mol. The number of aromatic nitrogens is 2. The Morgan fingerprint density at radius 1 is 1.03 bits per heavy atom. The van der Waals surface area contributed by atoms with Crippen molar-refractivity contribution in [1.29, 1.82) is 0 Å². The predicted molar refractivity (Wildman–Crippen MR) is 98.2 cm³/mol. The Bertz CT molecular complexity index is 1060. The molecule has 0 atom stereocenters. The van der Waals surface area contributed by atoms with Crippen LogP contribution in [0.25, 0.3) is 11.0 Å². The number of carbonyl (C=O) groups excluding carboxylic acids is 2. The van der Waals surface area contributed by atoms with Crippen molar-refractivity contribution < 1.29 is 27.5 Å². The lowest BCUT2D eigenvalue weighted by atomic mass is 10.2. The molecule has 0 aliphatic rings. The van der Waals surface area contributed by atoms with Crippen LogP contribution in [0.15, 0.2) is 42.5 Å². The molecule has 7 nitrogen and oxygen atoms in total. The lowest BCUT2D eigenvalue weighted by Crippen LogP contribution is -2.41. The molecule has 0 unspecified atom stereocenters. The number of halogens is 3. The number of amides is 2. The van der Waals surface area contributed by atoms with Gasteiger partial charge in [-0.2, -0.15) is 0 Å². The summed E-state index contributed by atoms with van der Waals surface area (Å²) in [5.74, 6) is -0.871. The molecule has 2 aromatic carbocycles. The molecule has 152 valence electrons. The van der Waals surface area contributed by atoms with Crippen LogP contribution in [-0.2, 0) is 6.54 Å². The zero-order valence-corrected chi connectivity index (χ0v) is 15.5. The lowest BCUT2D eigenvalue weighted by Gasteiger charge is -2.10. The average molecular weight is 406 g/mol. The van der Waals surface area contributed by atoms with Gasteiger partial charge in [0, 0.05) is 17.7 Å². The third kappa shape index (κ3) is 4.65. The second-order valence-electron chi connectivity index (χ2n) is 6.09. The summed E-state index contributed by atoms with van der Waals surface area (Å²) in [4.78, 5) is 28.8. The summed E-state index contributed by atoms with van der Waals surface area (Å²) in [5, 5.41) is 0. The van der Waals surface area contributed by atoms with Crippen LogP contribution in [0.2, 0.25) is 0 Å². The topological polar surface area (TPSA) is 85.3 Å². The first-order valence-corrected chi connectivity index (χ1v) is 8.61. The molecule has 29 heavy (non-hydrogen) atoms. The van der Waals surface area contributed by atoms with Crippen LogP contribution in [0, 0.1) is 6.92 Å². The maximum absolute atomic E-state index is 12.3. The first-order chi connectivity index (χ1) is 13.7. The first kappa shape index (κ1) is 20.2. The van der Waals surface area contributed by atoms with E-state index in [0.29, 0.717) is 11.1 Å². The number of ether oxygens (including phenoxy) is 1. The van der Waals surface area contributed by atoms with Crippen LogP contribution in [0.5, 0.6) is 5.75 Å². The van der Waals surface area contributed by atoms with Crippen LogP contribution in [0.3, 0.4) is 0 Å². The van der Waals surface area contributed by atoms with Gasteiger partial charge in [-0.25, -0.2) is 4.98 Å². The monoisotopic (exact) mass is 406 g/mol. The van der Waals surface area contributed by atoms with E-state index >= 15 is 0 Å². The van der Waals surface area contributed by atoms with E-state index in [1.807, 2.05) is 18.4 Å². The summed E-state index contributed by atoms with van der Waals surface area (Å²) in [7, 11) is 0. The molecule has 0 fully saturated rings. The summed E-state index contributed by atoms with van der Waals surface area (Å²) >= 11 is 0. The van der Waals surface area contributed by atoms with Crippen molar-refractivity contribution in [2.24, 2.45) is 0 Å². The van der Waals surface area contributed by atoms with Gasteiger partial charge < -0.3 is 9.30 Å². The normalized spacial score (nSPS) is 11.3. The first-order valence-electron chi connectivity index (χ1n) is 8.61. The summed E-state index contributed by atoms with van der Waals surface area (Å²) < 4.78 is 42.2. The van der Waals surface area contributed by atoms with E-state index in [2.05, 4.69) is 20.6 Å². The van der Waals surface area contributed by atoms with E-state index in [9.17, 15) is 22.8 Å². The highest BCUT2D eigenvalue weighted by atomic mass is 19.4. The Kier molecular flexibility index (Phi) is 5.44. The highest BCUT2D eigenvalue weighted by Gasteiger charge is 2.31. The van der Waals surface area contributed by atoms with E-state index < -0.39 is 23.9 Å². The number of alkyl halides is 3. The SMILES string of the molecule is CCn1c(C)nc2cc(C(=O)NNC(=O)c3ccc(OC(F)(F)F)cc3)ccc21. The predicted octanol–water partition coefficient (Wildman–Crippen LogP) is 3.34. The number of benzene rings is 2. The van der Waals surface area contributed by atoms with Gasteiger partial charge in [0.05, 0.1) is 11.0 Å². The van der Waals surface area contributed by atoms with Gasteiger partial charge in [-0.05, 0) is 56.3 Å². The van der Waals surface area contributed by atoms with Crippen molar-refractivity contribution >= 4 is 22.8 Å². The molecule has 0 radical (unpaired) electrons. The lowest BCUT2D eigenvalue weighted by molar-refractivity contribution is -0.274. The summed E-state index contributed by atoms with van der Waals surface area (Å²) in [6.07, 6.45) is -4.82. The Labute approximate surface area is 163 Å². The molecule has 1 aromatic heterocycles. The molecule has 3 aromatic rings. The number of hydrazine groups is 1. The number of carbonyl (C=O) groups is 2. The maximum atomic E-state index is 12.3. The van der Waals surface area contributed by atoms with E-state index in [1.54, 1.807) is 18.2 Å². The van der Waals surface area contributed by atoms with Gasteiger partial charge in [-0.15, -0.1) is 13.2 Å². The fraction of sp³-hybridized carbons (Fsp3) is 0.211. The molecule has 0 bridgehead atoms. The van der Waals surface area contributed by atoms with E-state index in [4.69, 9.17) is 0 Å². The minimum Gasteiger partial charge on any atom is -0.406 e. The minimum atomic E-state index is -4.82. The molecule has 1 heterocycles. The molecule has 2 N–H and O–H groups in total. The molecule has 0 spiro atoms. The zero-order valence-electron chi connectivity index (χ0n) is 15.5. The molecule has 0 saturated carbocycles. The molecule has 2 amide bonds. The largest absolute Gasteiger partial charge is 0.573 e. The van der Waals surface area contributed by atoms with Crippen molar-refractivity contribution in [3.8, 4) is 5.75 Å². The summed E-state index contributed by atoms with van der Waals surface area (Å²) in [5.41, 5.74) is 6.38. The molecule has 0 aliphatic heterocycles. The Morgan fingerprint density at radius 2 is 1.62 bits per heavy atom. The quantitative estimate of drug-likeness (QED) is 0.651. The summed E-state index contributed by atoms with van der Waals surface area (Å²) in [6, 6.07) is 9.30. The second kappa shape index (κ2) is 7.82. The van der Waals surface area contributed by atoms with Crippen LogP contribution in [0.1, 0.15) is 33.5 Å². The molecule has 0 saturated heterocycles. The highest BCUT2D eigenvalue weighted by molar-refractivity contribution is 6.00. The number of hydrogen-bond donors (Lipinski definition) is 2. The fourth-order valence-corrected chi connectivity index (χ4v) is 2.86. The molecule has 0 aliphatic carbocycles. The van der Waals surface area contributed by atoms with E-state index in [-0.39, 0.29) is 5.56 Å². The van der Waals surface area contributed by atoms with Crippen LogP contribution in [-0.4, -0.2) is 27.7 Å². The maximum Gasteiger partial charge on any atom is 0.573 e. The van der Waals surface area contributed by atoms with Gasteiger partial charge in [0.15, 0.2) is 0 Å². The fourth-order valence-electron chi connectivity index (χ4n) is 2.86. The van der Waals surface area contributed by atoms with Gasteiger partial charge >= 0.3 is 6.36 Å². The molecule has 10 heteroatoms. The standard InChI is InChI=1S/C19H17F3N4O3/c1-3-26-11(2)23-15-10-13(6-9-16(15)26)18(28)25-24-17(27)12-4-7-14(8-5-12)29-19(20,21)22/h4-10H,3H2,1-2H3,(H,24,27)(H,25,28). The third-order valence-electron chi connectivity index (χ3n) is 4.16. The van der Waals surface area contributed by atoms with Gasteiger partial charge in [0.25, 0.3) is 11.8 Å². The second-order valence-corrected chi connectivity index (χ2v) is 6.09. The van der Waals surface area contributed by atoms with Crippen molar-refractivity contribution in [2.75, 3.05) is 0 Å². The van der Waals surface area contributed by atoms with Crippen LogP contribution < -0.4 is 15.6 Å². The van der Waals surface area contributed by atoms with Gasteiger partial charge in [-0.1, -0.05) is 0 Å². The number of aryl methyl sites for hydroxylation is 2. The number of imidazole rings is 1. The summed E-state index contributed by atoms with van der Waals surface area (Å²) in [6.45, 7) is 4.61. The highest BCUT2D eigenvalue weighted by Crippen LogP contribution is 2.22. The van der Waals surface area contributed by atoms with Crippen LogP contribution >= 0.6 is 0 Å². The van der Waals surface area contributed by atoms with Crippen molar-refractivity contribution in [3.63, 3.8) is 0 Å². The third-order valence-corrected chi connectivity index (χ3v) is 4.16. The van der Waals surface area contributed by atoms with Gasteiger partial charge in [0.2, 0.25) is 0 Å². The van der Waals surface area contributed by atoms with Gasteiger partial charge in [-0.3, -0.25) is 20.4 Å². The van der Waals surface area contributed by atoms with Crippen molar-refractivity contribution in [3.05, 3.63) is 59.4 Å². The Balaban J connectivity index is 1.64. The average Bonchev–Trinajstić information content (AvgIpc) is 2.99. The zero-order chi connectivity index (χ0) is 21.2. The van der Waals surface area contributed by atoms with Gasteiger partial charge in [0.1, 0.15) is 11.6 Å². The molecule has 3 rings (SSSR count). The molecular formula is C19H17F3N4O3. The van der Waals surface area contributed by atoms with Crippen molar-refractivity contribution in [1.82, 2.24) is 20.4 Å². The van der Waals surface area contributed by atoms with E-state index in [0.717, 1.165) is 42.2 Å². The minimum absolute atomic E-state index is 0.0487. The number of rotatable bonds is 4. The number of fused-ring (bicyclic) bond motifs is 1. The smallest absolute Gasteiger partial charge is 0.406 e. The van der Waals surface area contributed by atoms with E-state index in [1.165, 1.54) is 0 Å². The number of nitrogens with zero attached hydrogens (tertiary/aromatic N) is 2. The number of hydrogen-bond acceptors (Lipinski definition) is 4. The Morgan fingerprint density at radius 3 is 2.21 bits per heavy atom. The van der Waals surface area contributed by atoms with Crippen molar-refractivity contribution in [2.45, 2.75) is 26.8 Å². The van der Waals surface area contributed by atoms with Crippen LogP contribution in [0.4, 0.5) is 13.2 Å².